The number of methoxy groups -OCH3 is 1. The average Bonchev–Trinajstić information content (AvgIpc) is 3.18. The number of nitrogens with zero attached hydrogens (tertiary/aromatic N) is 1. The third-order valence-electron chi connectivity index (χ3n) is 6.80. The Morgan fingerprint density at radius 2 is 1.94 bits per heavy atom. The van der Waals surface area contributed by atoms with E-state index >= 15 is 0 Å². The molecule has 0 radical (unpaired) electrons. The number of fused-ring (bicyclic) bond motifs is 5. The van der Waals surface area contributed by atoms with Crippen molar-refractivity contribution in [2.45, 2.75) is 38.6 Å². The number of aromatic nitrogens is 1. The Hall–Kier alpha value is -3.21. The topological polar surface area (TPSA) is 54.6 Å². The quantitative estimate of drug-likeness (QED) is 0.601. The first-order valence-corrected chi connectivity index (χ1v) is 11.0. The predicted octanol–water partition coefficient (Wildman–Crippen LogP) is 5.10. The van der Waals surface area contributed by atoms with Gasteiger partial charge in [-0.25, -0.2) is 4.79 Å². The van der Waals surface area contributed by atoms with Crippen LogP contribution >= 0.6 is 0 Å². The Balaban J connectivity index is 1.63. The second kappa shape index (κ2) is 7.80. The van der Waals surface area contributed by atoms with Gasteiger partial charge in [0.15, 0.2) is 0 Å². The van der Waals surface area contributed by atoms with Gasteiger partial charge in [0.25, 0.3) is 0 Å². The highest BCUT2D eigenvalue weighted by atomic mass is 16.5. The van der Waals surface area contributed by atoms with E-state index in [9.17, 15) is 4.79 Å². The standard InChI is InChI=1S/C26H28N2O3/c1-4-31-26(29)24-16(2)28-14-13-20-19-7-5-6-8-22(19)27-25(20)23(28)15-21(24)17-9-11-18(30-3)12-10-17/h5-12,21,23,27H,4,13-15H2,1-3H3/t21-,23-/m1/s1. The fourth-order valence-electron chi connectivity index (χ4n) is 5.35. The molecule has 1 N–H and O–H groups in total. The van der Waals surface area contributed by atoms with Crippen LogP contribution in [0.5, 0.6) is 5.75 Å². The van der Waals surface area contributed by atoms with Crippen LogP contribution in [0.25, 0.3) is 10.9 Å². The Morgan fingerprint density at radius 1 is 1.16 bits per heavy atom. The first kappa shape index (κ1) is 19.7. The third-order valence-corrected chi connectivity index (χ3v) is 6.80. The lowest BCUT2D eigenvalue weighted by molar-refractivity contribution is -0.139. The van der Waals surface area contributed by atoms with E-state index in [1.54, 1.807) is 7.11 Å². The van der Waals surface area contributed by atoms with Crippen molar-refractivity contribution in [1.82, 2.24) is 9.88 Å². The molecule has 160 valence electrons. The summed E-state index contributed by atoms with van der Waals surface area (Å²) in [7, 11) is 1.67. The minimum Gasteiger partial charge on any atom is -0.497 e. The number of esters is 1. The maximum absolute atomic E-state index is 13.0. The highest BCUT2D eigenvalue weighted by Gasteiger charge is 2.41. The van der Waals surface area contributed by atoms with Crippen molar-refractivity contribution in [2.75, 3.05) is 20.3 Å². The molecule has 0 saturated carbocycles. The number of hydrogen-bond acceptors (Lipinski definition) is 4. The zero-order valence-electron chi connectivity index (χ0n) is 18.3. The minimum atomic E-state index is -0.207. The first-order valence-electron chi connectivity index (χ1n) is 11.0. The normalized spacial score (nSPS) is 20.4. The summed E-state index contributed by atoms with van der Waals surface area (Å²) in [5.41, 5.74) is 6.81. The number of rotatable bonds is 4. The molecule has 3 aromatic rings. The van der Waals surface area contributed by atoms with Crippen LogP contribution in [0.1, 0.15) is 49.0 Å². The van der Waals surface area contributed by atoms with E-state index in [2.05, 4.69) is 53.2 Å². The minimum absolute atomic E-state index is 0.0245. The van der Waals surface area contributed by atoms with E-state index in [1.165, 1.54) is 22.2 Å². The second-order valence-electron chi connectivity index (χ2n) is 8.30. The summed E-state index contributed by atoms with van der Waals surface area (Å²) < 4.78 is 10.8. The van der Waals surface area contributed by atoms with Gasteiger partial charge in [-0.2, -0.15) is 0 Å². The Morgan fingerprint density at radius 3 is 2.68 bits per heavy atom. The number of para-hydroxylation sites is 1. The summed E-state index contributed by atoms with van der Waals surface area (Å²) in [6.45, 7) is 5.21. The van der Waals surface area contributed by atoms with Crippen LogP contribution in [0.3, 0.4) is 0 Å². The lowest BCUT2D eigenvalue weighted by Crippen LogP contribution is -2.40. The molecule has 2 aliphatic heterocycles. The summed E-state index contributed by atoms with van der Waals surface area (Å²) >= 11 is 0. The van der Waals surface area contributed by atoms with Crippen molar-refractivity contribution in [3.8, 4) is 5.75 Å². The zero-order chi connectivity index (χ0) is 21.5. The lowest BCUT2D eigenvalue weighted by Gasteiger charge is -2.45. The summed E-state index contributed by atoms with van der Waals surface area (Å²) in [5, 5.41) is 1.32. The van der Waals surface area contributed by atoms with E-state index in [1.807, 2.05) is 19.1 Å². The van der Waals surface area contributed by atoms with Gasteiger partial charge in [0.1, 0.15) is 5.75 Å². The van der Waals surface area contributed by atoms with E-state index < -0.39 is 0 Å². The molecule has 5 heteroatoms. The summed E-state index contributed by atoms with van der Waals surface area (Å²) in [5.74, 6) is 0.584. The van der Waals surface area contributed by atoms with E-state index in [-0.39, 0.29) is 17.9 Å². The van der Waals surface area contributed by atoms with Crippen molar-refractivity contribution >= 4 is 16.9 Å². The molecule has 31 heavy (non-hydrogen) atoms. The van der Waals surface area contributed by atoms with Gasteiger partial charge in [-0.3, -0.25) is 0 Å². The number of allylic oxidation sites excluding steroid dienone is 1. The molecule has 2 aliphatic rings. The van der Waals surface area contributed by atoms with Crippen LogP contribution in [0.4, 0.5) is 0 Å². The number of aromatic amines is 1. The van der Waals surface area contributed by atoms with Crippen molar-refractivity contribution in [2.24, 2.45) is 0 Å². The number of H-pyrrole nitrogens is 1. The highest BCUT2D eigenvalue weighted by molar-refractivity contribution is 5.91. The molecule has 0 fully saturated rings. The molecule has 0 bridgehead atoms. The highest BCUT2D eigenvalue weighted by Crippen LogP contribution is 2.48. The smallest absolute Gasteiger partial charge is 0.336 e. The maximum Gasteiger partial charge on any atom is 0.336 e. The van der Waals surface area contributed by atoms with Crippen LogP contribution in [0.15, 0.2) is 59.8 Å². The average molecular weight is 417 g/mol. The van der Waals surface area contributed by atoms with Crippen molar-refractivity contribution in [3.63, 3.8) is 0 Å². The van der Waals surface area contributed by atoms with Crippen LogP contribution in [0, 0.1) is 0 Å². The number of nitrogens with one attached hydrogen (secondary N) is 1. The van der Waals surface area contributed by atoms with Crippen molar-refractivity contribution in [3.05, 3.63) is 76.6 Å². The van der Waals surface area contributed by atoms with Gasteiger partial charge >= 0.3 is 5.97 Å². The number of ether oxygens (including phenoxy) is 2. The van der Waals surface area contributed by atoms with Crippen LogP contribution in [-0.4, -0.2) is 36.1 Å². The second-order valence-corrected chi connectivity index (χ2v) is 8.30. The monoisotopic (exact) mass is 416 g/mol. The molecule has 0 saturated heterocycles. The van der Waals surface area contributed by atoms with Gasteiger partial charge in [0, 0.05) is 34.8 Å². The van der Waals surface area contributed by atoms with Crippen molar-refractivity contribution < 1.29 is 14.3 Å². The van der Waals surface area contributed by atoms with Gasteiger partial charge < -0.3 is 19.4 Å². The molecule has 2 aromatic carbocycles. The molecule has 0 amide bonds. The fraction of sp³-hybridized carbons (Fsp3) is 0.346. The van der Waals surface area contributed by atoms with Gasteiger partial charge in [-0.15, -0.1) is 0 Å². The Labute approximate surface area is 182 Å². The molecule has 0 aliphatic carbocycles. The van der Waals surface area contributed by atoms with Crippen molar-refractivity contribution in [1.29, 1.82) is 0 Å². The van der Waals surface area contributed by atoms with Gasteiger partial charge in [-0.1, -0.05) is 30.3 Å². The third kappa shape index (κ3) is 3.19. The number of carbonyl (C=O) groups excluding carboxylic acids is 1. The Kier molecular flexibility index (Phi) is 4.97. The molecular weight excluding hydrogens is 388 g/mol. The Bertz CT molecular complexity index is 1160. The molecule has 0 unspecified atom stereocenters. The SMILES string of the molecule is CCOC(=O)C1=C(C)N2CCc3c([nH]c4ccccc34)[C@H]2C[C@@H]1c1ccc(OC)cc1. The van der Waals surface area contributed by atoms with E-state index in [4.69, 9.17) is 9.47 Å². The molecule has 0 spiro atoms. The lowest BCUT2D eigenvalue weighted by atomic mass is 9.78. The number of benzene rings is 2. The summed E-state index contributed by atoms with van der Waals surface area (Å²) in [4.78, 5) is 19.1. The largest absolute Gasteiger partial charge is 0.497 e. The predicted molar refractivity (Wildman–Crippen MR) is 121 cm³/mol. The summed E-state index contributed by atoms with van der Waals surface area (Å²) in [6.07, 6.45) is 1.80. The zero-order valence-corrected chi connectivity index (χ0v) is 18.3. The maximum atomic E-state index is 13.0. The molecular formula is C26H28N2O3. The number of carbonyl (C=O) groups is 1. The van der Waals surface area contributed by atoms with Crippen LogP contribution in [-0.2, 0) is 16.0 Å². The molecule has 5 nitrogen and oxygen atoms in total. The number of hydrogen-bond donors (Lipinski definition) is 1. The fourth-order valence-corrected chi connectivity index (χ4v) is 5.35. The van der Waals surface area contributed by atoms with Gasteiger partial charge in [0.05, 0.1) is 25.3 Å². The molecule has 2 atom stereocenters. The van der Waals surface area contributed by atoms with Crippen LogP contribution in [0.2, 0.25) is 0 Å². The van der Waals surface area contributed by atoms with Gasteiger partial charge in [-0.05, 0) is 56.0 Å². The molecule has 1 aromatic heterocycles. The summed E-state index contributed by atoms with van der Waals surface area (Å²) in [6, 6.07) is 16.8. The van der Waals surface area contributed by atoms with E-state index in [0.29, 0.717) is 6.61 Å². The first-order chi connectivity index (χ1) is 15.1. The van der Waals surface area contributed by atoms with E-state index in [0.717, 1.165) is 42.0 Å². The van der Waals surface area contributed by atoms with Gasteiger partial charge in [0.2, 0.25) is 0 Å². The molecule has 5 rings (SSSR count). The molecule has 3 heterocycles. The van der Waals surface area contributed by atoms with Crippen LogP contribution < -0.4 is 4.74 Å².